The molecule has 0 aliphatic rings. The smallest absolute Gasteiger partial charge is 0.242 e. The SMILES string of the molecule is CCNC(=O)C(C)Nc1ccc(Cl)cc1Br. The number of hydrogen-bond acceptors (Lipinski definition) is 2. The zero-order chi connectivity index (χ0) is 12.1. The van der Waals surface area contributed by atoms with Crippen LogP contribution in [0.3, 0.4) is 0 Å². The Bertz CT molecular complexity index is 384. The van der Waals surface area contributed by atoms with Crippen molar-refractivity contribution in [3.05, 3.63) is 27.7 Å². The zero-order valence-corrected chi connectivity index (χ0v) is 11.5. The van der Waals surface area contributed by atoms with Gasteiger partial charge in [-0.05, 0) is 48.0 Å². The van der Waals surface area contributed by atoms with Crippen LogP contribution in [0.15, 0.2) is 22.7 Å². The fraction of sp³-hybridized carbons (Fsp3) is 0.364. The molecule has 1 aromatic carbocycles. The Morgan fingerprint density at radius 1 is 1.56 bits per heavy atom. The molecule has 0 heterocycles. The molecule has 1 unspecified atom stereocenters. The lowest BCUT2D eigenvalue weighted by Gasteiger charge is -2.15. The third-order valence-electron chi connectivity index (χ3n) is 2.05. The maximum absolute atomic E-state index is 11.5. The second-order valence-electron chi connectivity index (χ2n) is 3.38. The number of hydrogen-bond donors (Lipinski definition) is 2. The Balaban J connectivity index is 2.69. The standard InChI is InChI=1S/C11H14BrClN2O/c1-3-14-11(16)7(2)15-10-5-4-8(13)6-9(10)12/h4-7,15H,3H2,1-2H3,(H,14,16). The van der Waals surface area contributed by atoms with E-state index in [0.29, 0.717) is 11.6 Å². The lowest BCUT2D eigenvalue weighted by molar-refractivity contribution is -0.121. The number of anilines is 1. The highest BCUT2D eigenvalue weighted by Gasteiger charge is 2.12. The molecule has 0 aliphatic carbocycles. The first-order valence-electron chi connectivity index (χ1n) is 5.04. The molecule has 16 heavy (non-hydrogen) atoms. The van der Waals surface area contributed by atoms with Gasteiger partial charge in [-0.3, -0.25) is 4.79 Å². The molecular weight excluding hydrogens is 291 g/mol. The first-order valence-corrected chi connectivity index (χ1v) is 6.21. The van der Waals surface area contributed by atoms with E-state index in [0.717, 1.165) is 10.2 Å². The molecule has 0 bridgehead atoms. The van der Waals surface area contributed by atoms with Gasteiger partial charge in [0.1, 0.15) is 6.04 Å². The van der Waals surface area contributed by atoms with Crippen molar-refractivity contribution in [1.29, 1.82) is 0 Å². The van der Waals surface area contributed by atoms with Crippen LogP contribution in [-0.2, 0) is 4.79 Å². The predicted molar refractivity (Wildman–Crippen MR) is 70.9 cm³/mol. The Labute approximate surface area is 109 Å². The number of halogens is 2. The van der Waals surface area contributed by atoms with Crippen LogP contribution in [-0.4, -0.2) is 18.5 Å². The van der Waals surface area contributed by atoms with Crippen LogP contribution in [0.25, 0.3) is 0 Å². The Kier molecular flexibility index (Phi) is 5.09. The van der Waals surface area contributed by atoms with E-state index >= 15 is 0 Å². The van der Waals surface area contributed by atoms with Crippen LogP contribution in [0.1, 0.15) is 13.8 Å². The number of amides is 1. The van der Waals surface area contributed by atoms with Crippen LogP contribution in [0, 0.1) is 0 Å². The molecular formula is C11H14BrClN2O. The predicted octanol–water partition coefficient (Wildman–Crippen LogP) is 3.04. The number of carbonyl (C=O) groups excluding carboxylic acids is 1. The summed E-state index contributed by atoms with van der Waals surface area (Å²) >= 11 is 9.21. The molecule has 1 aromatic rings. The molecule has 88 valence electrons. The van der Waals surface area contributed by atoms with Crippen molar-refractivity contribution >= 4 is 39.1 Å². The van der Waals surface area contributed by atoms with Gasteiger partial charge in [-0.1, -0.05) is 11.6 Å². The van der Waals surface area contributed by atoms with E-state index in [2.05, 4.69) is 26.6 Å². The van der Waals surface area contributed by atoms with Crippen molar-refractivity contribution in [2.24, 2.45) is 0 Å². The van der Waals surface area contributed by atoms with Gasteiger partial charge in [0.05, 0.1) is 0 Å². The number of carbonyl (C=O) groups is 1. The third-order valence-corrected chi connectivity index (χ3v) is 2.94. The minimum atomic E-state index is -0.280. The van der Waals surface area contributed by atoms with Crippen molar-refractivity contribution in [3.8, 4) is 0 Å². The van der Waals surface area contributed by atoms with Gasteiger partial charge < -0.3 is 10.6 Å². The molecule has 0 fully saturated rings. The van der Waals surface area contributed by atoms with Crippen LogP contribution in [0.5, 0.6) is 0 Å². The molecule has 3 nitrogen and oxygen atoms in total. The van der Waals surface area contributed by atoms with E-state index in [-0.39, 0.29) is 11.9 Å². The van der Waals surface area contributed by atoms with Gasteiger partial charge in [0.25, 0.3) is 0 Å². The van der Waals surface area contributed by atoms with Crippen LogP contribution in [0.4, 0.5) is 5.69 Å². The van der Waals surface area contributed by atoms with Gasteiger partial charge in [0, 0.05) is 21.7 Å². The second kappa shape index (κ2) is 6.11. The molecule has 1 rings (SSSR count). The van der Waals surface area contributed by atoms with E-state index in [1.165, 1.54) is 0 Å². The number of rotatable bonds is 4. The average Bonchev–Trinajstić information content (AvgIpc) is 2.22. The lowest BCUT2D eigenvalue weighted by Crippen LogP contribution is -2.37. The van der Waals surface area contributed by atoms with Gasteiger partial charge in [-0.2, -0.15) is 0 Å². The number of nitrogens with one attached hydrogen (secondary N) is 2. The van der Waals surface area contributed by atoms with Crippen molar-refractivity contribution in [2.75, 3.05) is 11.9 Å². The molecule has 0 radical (unpaired) electrons. The molecule has 1 amide bonds. The highest BCUT2D eigenvalue weighted by atomic mass is 79.9. The van der Waals surface area contributed by atoms with Gasteiger partial charge in [0.2, 0.25) is 5.91 Å². The Morgan fingerprint density at radius 2 is 2.25 bits per heavy atom. The molecule has 5 heteroatoms. The quantitative estimate of drug-likeness (QED) is 0.898. The maximum atomic E-state index is 11.5. The monoisotopic (exact) mass is 304 g/mol. The Hall–Kier alpha value is -0.740. The summed E-state index contributed by atoms with van der Waals surface area (Å²) in [7, 11) is 0. The first-order chi connectivity index (χ1) is 7.54. The highest BCUT2D eigenvalue weighted by molar-refractivity contribution is 9.10. The molecule has 0 aliphatic heterocycles. The fourth-order valence-corrected chi connectivity index (χ4v) is 2.03. The summed E-state index contributed by atoms with van der Waals surface area (Å²) in [5, 5.41) is 6.51. The van der Waals surface area contributed by atoms with Gasteiger partial charge >= 0.3 is 0 Å². The molecule has 2 N–H and O–H groups in total. The normalized spacial score (nSPS) is 12.0. The number of benzene rings is 1. The summed E-state index contributed by atoms with van der Waals surface area (Å²) in [5.74, 6) is -0.0237. The molecule has 0 saturated carbocycles. The van der Waals surface area contributed by atoms with Crippen LogP contribution < -0.4 is 10.6 Å². The fourth-order valence-electron chi connectivity index (χ4n) is 1.23. The summed E-state index contributed by atoms with van der Waals surface area (Å²) in [6.07, 6.45) is 0. The largest absolute Gasteiger partial charge is 0.373 e. The van der Waals surface area contributed by atoms with Crippen molar-refractivity contribution in [3.63, 3.8) is 0 Å². The molecule has 0 saturated heterocycles. The zero-order valence-electron chi connectivity index (χ0n) is 9.18. The van der Waals surface area contributed by atoms with Crippen LogP contribution >= 0.6 is 27.5 Å². The van der Waals surface area contributed by atoms with Crippen LogP contribution in [0.2, 0.25) is 5.02 Å². The summed E-state index contributed by atoms with van der Waals surface area (Å²) in [4.78, 5) is 11.5. The summed E-state index contributed by atoms with van der Waals surface area (Å²) in [6.45, 7) is 4.33. The van der Waals surface area contributed by atoms with Gasteiger partial charge in [-0.15, -0.1) is 0 Å². The minimum Gasteiger partial charge on any atom is -0.373 e. The van der Waals surface area contributed by atoms with E-state index in [1.54, 1.807) is 12.1 Å². The van der Waals surface area contributed by atoms with Gasteiger partial charge in [0.15, 0.2) is 0 Å². The third kappa shape index (κ3) is 3.68. The highest BCUT2D eigenvalue weighted by Crippen LogP contribution is 2.26. The topological polar surface area (TPSA) is 41.1 Å². The number of likely N-dealkylation sites (N-methyl/N-ethyl adjacent to an activating group) is 1. The van der Waals surface area contributed by atoms with E-state index in [9.17, 15) is 4.79 Å². The van der Waals surface area contributed by atoms with E-state index in [1.807, 2.05) is 19.9 Å². The summed E-state index contributed by atoms with van der Waals surface area (Å²) in [5.41, 5.74) is 0.850. The van der Waals surface area contributed by atoms with Crippen molar-refractivity contribution < 1.29 is 4.79 Å². The van der Waals surface area contributed by atoms with E-state index < -0.39 is 0 Å². The van der Waals surface area contributed by atoms with Crippen molar-refractivity contribution in [2.45, 2.75) is 19.9 Å². The maximum Gasteiger partial charge on any atom is 0.242 e. The van der Waals surface area contributed by atoms with Gasteiger partial charge in [-0.25, -0.2) is 0 Å². The minimum absolute atomic E-state index is 0.0237. The molecule has 0 spiro atoms. The second-order valence-corrected chi connectivity index (χ2v) is 4.68. The molecule has 0 aromatic heterocycles. The molecule has 1 atom stereocenters. The Morgan fingerprint density at radius 3 is 2.81 bits per heavy atom. The first kappa shape index (κ1) is 13.3. The summed E-state index contributed by atoms with van der Waals surface area (Å²) < 4.78 is 0.844. The van der Waals surface area contributed by atoms with E-state index in [4.69, 9.17) is 11.6 Å². The summed E-state index contributed by atoms with van der Waals surface area (Å²) in [6, 6.07) is 5.12. The lowest BCUT2D eigenvalue weighted by atomic mass is 10.2. The van der Waals surface area contributed by atoms with Crippen molar-refractivity contribution in [1.82, 2.24) is 5.32 Å². The average molecular weight is 306 g/mol.